The van der Waals surface area contributed by atoms with E-state index < -0.39 is 6.10 Å². The lowest BCUT2D eigenvalue weighted by molar-refractivity contribution is -0.111. The summed E-state index contributed by atoms with van der Waals surface area (Å²) in [7, 11) is 6.07. The molecular weight excluding hydrogens is 504 g/mol. The third kappa shape index (κ3) is 5.71. The summed E-state index contributed by atoms with van der Waals surface area (Å²) >= 11 is 0. The molecule has 208 valence electrons. The minimum atomic E-state index is -0.438. The van der Waals surface area contributed by atoms with Gasteiger partial charge in [0, 0.05) is 31.3 Å². The van der Waals surface area contributed by atoms with Gasteiger partial charge in [0.25, 0.3) is 0 Å². The van der Waals surface area contributed by atoms with Gasteiger partial charge in [-0.2, -0.15) is 0 Å². The number of likely N-dealkylation sites (N-methyl/N-ethyl adjacent to an activating group) is 2. The Labute approximate surface area is 234 Å². The lowest BCUT2D eigenvalue weighted by Gasteiger charge is -2.25. The van der Waals surface area contributed by atoms with Crippen LogP contribution >= 0.6 is 0 Å². The molecule has 0 spiro atoms. The zero-order valence-electron chi connectivity index (χ0n) is 23.2. The van der Waals surface area contributed by atoms with Crippen molar-refractivity contribution in [3.8, 4) is 22.5 Å². The van der Waals surface area contributed by atoms with Crippen LogP contribution in [0, 0.1) is 0 Å². The molecule has 2 aromatic heterocycles. The van der Waals surface area contributed by atoms with Gasteiger partial charge in [-0.3, -0.25) is 4.79 Å². The fourth-order valence-corrected chi connectivity index (χ4v) is 5.17. The molecule has 0 bridgehead atoms. The Bertz CT molecular complexity index is 1500. The number of aliphatic hydroxyl groups excluding tert-OH is 1. The van der Waals surface area contributed by atoms with Gasteiger partial charge in [0.05, 0.1) is 28.9 Å². The van der Waals surface area contributed by atoms with Crippen LogP contribution < -0.4 is 15.5 Å². The highest BCUT2D eigenvalue weighted by Crippen LogP contribution is 2.44. The van der Waals surface area contributed by atoms with Crippen LogP contribution in [0.3, 0.4) is 0 Å². The molecule has 0 unspecified atom stereocenters. The second-order valence-corrected chi connectivity index (χ2v) is 10.5. The number of hydrogen-bond donors (Lipinski definition) is 3. The van der Waals surface area contributed by atoms with E-state index in [2.05, 4.69) is 37.0 Å². The Balaban J connectivity index is 1.68. The number of carbonyl (C=O) groups is 1. The maximum atomic E-state index is 12.5. The van der Waals surface area contributed by atoms with Crippen molar-refractivity contribution in [3.63, 3.8) is 0 Å². The second kappa shape index (κ2) is 11.9. The third-order valence-corrected chi connectivity index (χ3v) is 7.35. The van der Waals surface area contributed by atoms with Crippen molar-refractivity contribution < 1.29 is 14.3 Å². The zero-order valence-corrected chi connectivity index (χ0v) is 23.2. The number of rotatable bonds is 10. The lowest BCUT2D eigenvalue weighted by Crippen LogP contribution is -2.29. The van der Waals surface area contributed by atoms with Gasteiger partial charge in [-0.25, -0.2) is 9.97 Å². The van der Waals surface area contributed by atoms with E-state index in [1.807, 2.05) is 69.7 Å². The molecule has 1 aliphatic carbocycles. The molecule has 4 aromatic rings. The Kier molecular flexibility index (Phi) is 8.14. The van der Waals surface area contributed by atoms with E-state index in [1.165, 1.54) is 12.4 Å². The predicted octanol–water partition coefficient (Wildman–Crippen LogP) is 5.00. The minimum absolute atomic E-state index is 0.101. The highest BCUT2D eigenvalue weighted by atomic mass is 16.3. The maximum Gasteiger partial charge on any atom is 0.247 e. The maximum absolute atomic E-state index is 12.5. The largest absolute Gasteiger partial charge is 0.437 e. The van der Waals surface area contributed by atoms with Crippen molar-refractivity contribution >= 4 is 34.2 Å². The Morgan fingerprint density at radius 1 is 1.10 bits per heavy atom. The zero-order chi connectivity index (χ0) is 28.2. The molecule has 1 saturated carbocycles. The third-order valence-electron chi connectivity index (χ3n) is 7.35. The van der Waals surface area contributed by atoms with Gasteiger partial charge in [-0.05, 0) is 57.1 Å². The second-order valence-electron chi connectivity index (χ2n) is 10.5. The molecule has 0 radical (unpaired) electrons. The highest BCUT2D eigenvalue weighted by Gasteiger charge is 2.28. The van der Waals surface area contributed by atoms with Crippen LogP contribution in [-0.2, 0) is 4.79 Å². The van der Waals surface area contributed by atoms with Crippen molar-refractivity contribution in [1.82, 2.24) is 14.9 Å². The number of amides is 1. The summed E-state index contributed by atoms with van der Waals surface area (Å²) in [6, 6.07) is 15.8. The molecule has 2 atom stereocenters. The molecule has 2 aromatic carbocycles. The molecular formula is C31H36N6O3. The first-order chi connectivity index (χ1) is 19.4. The van der Waals surface area contributed by atoms with Crippen molar-refractivity contribution in [2.45, 2.75) is 31.4 Å². The number of nitrogens with one attached hydrogen (secondary N) is 2. The number of anilines is 3. The molecule has 1 amide bonds. The van der Waals surface area contributed by atoms with Gasteiger partial charge in [0.15, 0.2) is 0 Å². The molecule has 9 nitrogen and oxygen atoms in total. The summed E-state index contributed by atoms with van der Waals surface area (Å²) in [5.41, 5.74) is 4.54. The lowest BCUT2D eigenvalue weighted by atomic mass is 9.98. The Morgan fingerprint density at radius 3 is 2.60 bits per heavy atom. The molecule has 1 aliphatic rings. The summed E-state index contributed by atoms with van der Waals surface area (Å²) in [6.45, 7) is 5.27. The molecule has 1 fully saturated rings. The number of hydrogen-bond acceptors (Lipinski definition) is 8. The van der Waals surface area contributed by atoms with Crippen LogP contribution in [0.4, 0.5) is 17.2 Å². The van der Waals surface area contributed by atoms with Crippen molar-refractivity contribution in [1.29, 1.82) is 0 Å². The number of aliphatic hydroxyl groups is 1. The predicted molar refractivity (Wildman–Crippen MR) is 161 cm³/mol. The quantitative estimate of drug-likeness (QED) is 0.241. The van der Waals surface area contributed by atoms with Crippen LogP contribution in [0.15, 0.2) is 71.9 Å². The van der Waals surface area contributed by atoms with Gasteiger partial charge >= 0.3 is 0 Å². The fraction of sp³-hybridized carbons (Fsp3) is 0.323. The SMILES string of the molecule is C=CC(=O)Nc1cc(-c2c(-c3ccccc3)oc3ncnc(N[C@H]4CCC[C@@H]4O)c23)ccc1N(C)CCN(C)C. The minimum Gasteiger partial charge on any atom is -0.437 e. The molecule has 3 N–H and O–H groups in total. The fourth-order valence-electron chi connectivity index (χ4n) is 5.17. The molecule has 0 aliphatic heterocycles. The average Bonchev–Trinajstić information content (AvgIpc) is 3.55. The van der Waals surface area contributed by atoms with E-state index in [4.69, 9.17) is 4.42 Å². The highest BCUT2D eigenvalue weighted by molar-refractivity contribution is 6.08. The van der Waals surface area contributed by atoms with Crippen LogP contribution in [0.25, 0.3) is 33.6 Å². The average molecular weight is 541 g/mol. The number of benzene rings is 2. The van der Waals surface area contributed by atoms with Gasteiger partial charge in [-0.15, -0.1) is 0 Å². The normalized spacial score (nSPS) is 16.8. The monoisotopic (exact) mass is 540 g/mol. The summed E-state index contributed by atoms with van der Waals surface area (Å²) in [5, 5.41) is 17.7. The van der Waals surface area contributed by atoms with E-state index in [0.29, 0.717) is 23.0 Å². The Morgan fingerprint density at radius 2 is 1.90 bits per heavy atom. The first-order valence-electron chi connectivity index (χ1n) is 13.6. The Hall–Kier alpha value is -4.21. The summed E-state index contributed by atoms with van der Waals surface area (Å²) in [4.78, 5) is 25.7. The van der Waals surface area contributed by atoms with Gasteiger partial charge in [-0.1, -0.05) is 43.0 Å². The first kappa shape index (κ1) is 27.4. The summed E-state index contributed by atoms with van der Waals surface area (Å²) in [5.74, 6) is 0.974. The molecule has 9 heteroatoms. The number of fused-ring (bicyclic) bond motifs is 1. The van der Waals surface area contributed by atoms with Crippen LogP contribution in [-0.4, -0.2) is 72.3 Å². The molecule has 40 heavy (non-hydrogen) atoms. The molecule has 0 saturated heterocycles. The van der Waals surface area contributed by atoms with E-state index >= 15 is 0 Å². The van der Waals surface area contributed by atoms with Crippen LogP contribution in [0.5, 0.6) is 0 Å². The summed E-state index contributed by atoms with van der Waals surface area (Å²) < 4.78 is 6.38. The number of nitrogens with zero attached hydrogens (tertiary/aromatic N) is 4. The van der Waals surface area contributed by atoms with E-state index in [1.54, 1.807) is 0 Å². The van der Waals surface area contributed by atoms with E-state index in [9.17, 15) is 9.90 Å². The molecule has 2 heterocycles. The van der Waals surface area contributed by atoms with Crippen LogP contribution in [0.1, 0.15) is 19.3 Å². The van der Waals surface area contributed by atoms with Crippen molar-refractivity contribution in [3.05, 3.63) is 67.5 Å². The topological polar surface area (TPSA) is 107 Å². The van der Waals surface area contributed by atoms with E-state index in [-0.39, 0.29) is 11.9 Å². The van der Waals surface area contributed by atoms with Gasteiger partial charge < -0.3 is 30.0 Å². The van der Waals surface area contributed by atoms with Gasteiger partial charge in [0.1, 0.15) is 17.9 Å². The van der Waals surface area contributed by atoms with Crippen LogP contribution in [0.2, 0.25) is 0 Å². The van der Waals surface area contributed by atoms with E-state index in [0.717, 1.165) is 60.1 Å². The summed E-state index contributed by atoms with van der Waals surface area (Å²) in [6.07, 6.45) is 4.88. The first-order valence-corrected chi connectivity index (χ1v) is 13.6. The van der Waals surface area contributed by atoms with Crippen molar-refractivity contribution in [2.24, 2.45) is 0 Å². The molecule has 5 rings (SSSR count). The number of aromatic nitrogens is 2. The smallest absolute Gasteiger partial charge is 0.247 e. The van der Waals surface area contributed by atoms with Crippen molar-refractivity contribution in [2.75, 3.05) is 49.8 Å². The number of furan rings is 1. The van der Waals surface area contributed by atoms with Gasteiger partial charge in [0.2, 0.25) is 11.6 Å². The number of carbonyl (C=O) groups excluding carboxylic acids is 1. The standard InChI is InChI=1S/C31H36N6O3/c1-5-26(39)34-23-18-21(14-15-24(23)37(4)17-16-36(2)3)27-28-30(35-22-12-9-13-25(22)38)32-19-33-31(28)40-29(27)20-10-7-6-8-11-20/h5-8,10-11,14-15,18-19,22,25,38H,1,9,12-13,16-17H2,2-4H3,(H,34,39)(H,32,33,35)/t22-,25-/m0/s1.